The molecule has 0 spiro atoms. The number of aromatic nitrogens is 2. The number of nitrogens with two attached hydrogens (primary N) is 1. The zero-order chi connectivity index (χ0) is 23.4. The first-order valence-corrected chi connectivity index (χ1v) is 10.4. The van der Waals surface area contributed by atoms with Gasteiger partial charge in [-0.05, 0) is 44.2 Å². The summed E-state index contributed by atoms with van der Waals surface area (Å²) in [5, 5.41) is 19.6. The summed E-state index contributed by atoms with van der Waals surface area (Å²) in [6, 6.07) is 16.4. The van der Waals surface area contributed by atoms with Gasteiger partial charge in [0.05, 0.1) is 12.5 Å². The topological polar surface area (TPSA) is 135 Å². The Hall–Kier alpha value is -4.45. The number of fused-ring (bicyclic) bond motifs is 1. The number of aryl methyl sites for hydroxylation is 1. The molecule has 0 aliphatic carbocycles. The number of nitrogens with one attached hydrogen (secondary N) is 2. The molecule has 33 heavy (non-hydrogen) atoms. The third-order valence-electron chi connectivity index (χ3n) is 5.17. The second kappa shape index (κ2) is 9.36. The van der Waals surface area contributed by atoms with Crippen molar-refractivity contribution in [3.63, 3.8) is 0 Å². The summed E-state index contributed by atoms with van der Waals surface area (Å²) in [6.07, 6.45) is 0. The maximum Gasteiger partial charge on any atom is 0.262 e. The van der Waals surface area contributed by atoms with Gasteiger partial charge in [-0.15, -0.1) is 5.10 Å². The van der Waals surface area contributed by atoms with Crippen LogP contribution in [0.25, 0.3) is 0 Å². The maximum atomic E-state index is 12.5. The van der Waals surface area contributed by atoms with E-state index in [0.29, 0.717) is 35.1 Å². The van der Waals surface area contributed by atoms with Crippen LogP contribution in [0.1, 0.15) is 29.7 Å². The van der Waals surface area contributed by atoms with Crippen LogP contribution in [-0.2, 0) is 4.79 Å². The first kappa shape index (κ1) is 21.8. The molecule has 9 heteroatoms. The zero-order valence-electron chi connectivity index (χ0n) is 18.2. The van der Waals surface area contributed by atoms with Crippen molar-refractivity contribution in [3.05, 3.63) is 76.8 Å². The minimum atomic E-state index is -0.539. The van der Waals surface area contributed by atoms with Gasteiger partial charge >= 0.3 is 0 Å². The van der Waals surface area contributed by atoms with E-state index >= 15 is 0 Å². The highest BCUT2D eigenvalue weighted by molar-refractivity contribution is 5.91. The summed E-state index contributed by atoms with van der Waals surface area (Å²) in [4.78, 5) is 12.5. The molecule has 1 aliphatic rings. The highest BCUT2D eigenvalue weighted by atomic mass is 16.5. The zero-order valence-corrected chi connectivity index (χ0v) is 18.2. The van der Waals surface area contributed by atoms with Crippen LogP contribution < -0.4 is 25.3 Å². The molecule has 1 aliphatic heterocycles. The molecule has 2 heterocycles. The number of ether oxygens (including phenoxy) is 3. The molecule has 4 rings (SSSR count). The fourth-order valence-electron chi connectivity index (χ4n) is 3.70. The third kappa shape index (κ3) is 4.45. The molecular weight excluding hydrogens is 422 g/mol. The number of rotatable bonds is 7. The summed E-state index contributed by atoms with van der Waals surface area (Å²) in [6.45, 7) is 4.10. The van der Waals surface area contributed by atoms with Crippen LogP contribution in [0.3, 0.4) is 0 Å². The predicted molar refractivity (Wildman–Crippen MR) is 121 cm³/mol. The van der Waals surface area contributed by atoms with Crippen LogP contribution in [0.2, 0.25) is 0 Å². The van der Waals surface area contributed by atoms with E-state index in [2.05, 4.69) is 21.6 Å². The molecule has 3 aromatic rings. The molecule has 1 atom stereocenters. The smallest absolute Gasteiger partial charge is 0.262 e. The number of carbonyl (C=O) groups is 1. The lowest BCUT2D eigenvalue weighted by Crippen LogP contribution is -2.23. The average molecular weight is 445 g/mol. The van der Waals surface area contributed by atoms with Gasteiger partial charge in [-0.2, -0.15) is 5.26 Å². The van der Waals surface area contributed by atoms with Crippen molar-refractivity contribution in [3.8, 4) is 23.4 Å². The molecule has 1 amide bonds. The van der Waals surface area contributed by atoms with Crippen LogP contribution >= 0.6 is 0 Å². The van der Waals surface area contributed by atoms with Gasteiger partial charge in [0.25, 0.3) is 5.91 Å². The molecule has 9 nitrogen and oxygen atoms in total. The number of amides is 1. The number of carbonyl (C=O) groups excluding carboxylic acids is 1. The van der Waals surface area contributed by atoms with E-state index in [0.717, 1.165) is 11.4 Å². The Labute approximate surface area is 190 Å². The van der Waals surface area contributed by atoms with Crippen molar-refractivity contribution >= 4 is 11.6 Å². The highest BCUT2D eigenvalue weighted by Gasteiger charge is 2.35. The lowest BCUT2D eigenvalue weighted by Gasteiger charge is -2.25. The Morgan fingerprint density at radius 3 is 2.73 bits per heavy atom. The SMILES string of the molecule is CCOc1ccc(NC(=O)COc2ccccc2[C@@H]2C(C#N)=C(N)Oc3n[nH]c(C)c32)cc1. The first-order chi connectivity index (χ1) is 16.0. The summed E-state index contributed by atoms with van der Waals surface area (Å²) in [7, 11) is 0. The van der Waals surface area contributed by atoms with Gasteiger partial charge in [-0.3, -0.25) is 9.89 Å². The minimum Gasteiger partial charge on any atom is -0.494 e. The number of H-pyrrole nitrogens is 1. The van der Waals surface area contributed by atoms with Crippen molar-refractivity contribution in [1.82, 2.24) is 10.2 Å². The van der Waals surface area contributed by atoms with Crippen molar-refractivity contribution in [2.45, 2.75) is 19.8 Å². The van der Waals surface area contributed by atoms with Gasteiger partial charge in [0, 0.05) is 22.5 Å². The largest absolute Gasteiger partial charge is 0.494 e. The second-order valence-corrected chi connectivity index (χ2v) is 7.32. The lowest BCUT2D eigenvalue weighted by molar-refractivity contribution is -0.118. The molecule has 0 saturated heterocycles. The molecular formula is C24H23N5O4. The Balaban J connectivity index is 1.54. The Morgan fingerprint density at radius 1 is 1.24 bits per heavy atom. The van der Waals surface area contributed by atoms with Crippen LogP contribution in [0.15, 0.2) is 60.0 Å². The van der Waals surface area contributed by atoms with Crippen LogP contribution in [-0.4, -0.2) is 29.3 Å². The number of anilines is 1. The Kier molecular flexibility index (Phi) is 6.17. The van der Waals surface area contributed by atoms with Crippen LogP contribution in [0, 0.1) is 18.3 Å². The number of nitriles is 1. The maximum absolute atomic E-state index is 12.5. The van der Waals surface area contributed by atoms with E-state index < -0.39 is 5.92 Å². The second-order valence-electron chi connectivity index (χ2n) is 7.32. The van der Waals surface area contributed by atoms with E-state index in [4.69, 9.17) is 19.9 Å². The predicted octanol–water partition coefficient (Wildman–Crippen LogP) is 3.35. The van der Waals surface area contributed by atoms with Gasteiger partial charge in [0.1, 0.15) is 23.1 Å². The van der Waals surface area contributed by atoms with E-state index in [-0.39, 0.29) is 24.0 Å². The van der Waals surface area contributed by atoms with E-state index in [1.807, 2.05) is 26.0 Å². The fraction of sp³-hybridized carbons (Fsp3) is 0.208. The van der Waals surface area contributed by atoms with Gasteiger partial charge in [-0.1, -0.05) is 18.2 Å². The van der Waals surface area contributed by atoms with Crippen LogP contribution in [0.5, 0.6) is 17.4 Å². The molecule has 0 saturated carbocycles. The summed E-state index contributed by atoms with van der Waals surface area (Å²) >= 11 is 0. The summed E-state index contributed by atoms with van der Waals surface area (Å²) in [5.74, 6) is 0.631. The van der Waals surface area contributed by atoms with E-state index in [1.165, 1.54) is 0 Å². The van der Waals surface area contributed by atoms with Gasteiger partial charge in [0.15, 0.2) is 6.61 Å². The molecule has 168 valence electrons. The molecule has 4 N–H and O–H groups in total. The number of nitrogens with zero attached hydrogens (tertiary/aromatic N) is 2. The Bertz CT molecular complexity index is 1240. The number of aromatic amines is 1. The van der Waals surface area contributed by atoms with Gasteiger partial charge in [0.2, 0.25) is 11.8 Å². The summed E-state index contributed by atoms with van der Waals surface area (Å²) < 4.78 is 16.8. The molecule has 0 bridgehead atoms. The third-order valence-corrected chi connectivity index (χ3v) is 5.17. The number of hydrogen-bond donors (Lipinski definition) is 3. The van der Waals surface area contributed by atoms with Crippen molar-refractivity contribution in [2.75, 3.05) is 18.5 Å². The number of hydrogen-bond acceptors (Lipinski definition) is 7. The number of allylic oxidation sites excluding steroid dienone is 1. The quantitative estimate of drug-likeness (QED) is 0.507. The van der Waals surface area contributed by atoms with Crippen molar-refractivity contribution in [1.29, 1.82) is 5.26 Å². The highest BCUT2D eigenvalue weighted by Crippen LogP contribution is 2.45. The lowest BCUT2D eigenvalue weighted by atomic mass is 9.83. The van der Waals surface area contributed by atoms with E-state index in [1.54, 1.807) is 36.4 Å². The molecule has 0 radical (unpaired) electrons. The molecule has 0 unspecified atom stereocenters. The molecule has 0 fully saturated rings. The van der Waals surface area contributed by atoms with Gasteiger partial charge in [-0.25, -0.2) is 0 Å². The average Bonchev–Trinajstić information content (AvgIpc) is 3.18. The number of para-hydroxylation sites is 1. The monoisotopic (exact) mass is 445 g/mol. The van der Waals surface area contributed by atoms with Gasteiger partial charge < -0.3 is 25.3 Å². The molecule has 2 aromatic carbocycles. The first-order valence-electron chi connectivity index (χ1n) is 10.4. The number of benzene rings is 2. The minimum absolute atomic E-state index is 0.00968. The normalized spacial score (nSPS) is 14.6. The Morgan fingerprint density at radius 2 is 2.00 bits per heavy atom. The standard InChI is InChI=1S/C24H23N5O4/c1-3-31-16-10-8-15(9-11-16)27-20(30)13-32-19-7-5-4-6-17(19)22-18(12-25)23(26)33-24-21(22)14(2)28-29-24/h4-11,22H,3,13,26H2,1-2H3,(H,27,30)(H,28,29)/t22-/m1/s1. The fourth-order valence-corrected chi connectivity index (χ4v) is 3.70. The van der Waals surface area contributed by atoms with Crippen LogP contribution in [0.4, 0.5) is 5.69 Å². The van der Waals surface area contributed by atoms with Crippen molar-refractivity contribution < 1.29 is 19.0 Å². The molecule has 1 aromatic heterocycles. The van der Waals surface area contributed by atoms with Crippen molar-refractivity contribution in [2.24, 2.45) is 5.73 Å². The van der Waals surface area contributed by atoms with E-state index in [9.17, 15) is 10.1 Å². The summed E-state index contributed by atoms with van der Waals surface area (Å²) in [5.41, 5.74) is 9.01.